The number of aryl methyl sites for hydroxylation is 1. The number of aliphatic carboxylic acids is 1. The topological polar surface area (TPSA) is 50.2 Å². The minimum Gasteiger partial charge on any atom is -0.481 e. The van der Waals surface area contributed by atoms with Crippen LogP contribution in [0.25, 0.3) is 0 Å². The molecule has 0 fully saturated rings. The molecule has 1 heterocycles. The Labute approximate surface area is 79.2 Å². The van der Waals surface area contributed by atoms with Crippen molar-refractivity contribution in [3.8, 4) is 0 Å². The van der Waals surface area contributed by atoms with Crippen molar-refractivity contribution in [2.45, 2.75) is 12.8 Å². The zero-order valence-corrected chi connectivity index (χ0v) is 7.38. The maximum absolute atomic E-state index is 12.8. The highest BCUT2D eigenvalue weighted by atomic mass is 35.5. The molecule has 13 heavy (non-hydrogen) atoms. The number of rotatable bonds is 3. The van der Waals surface area contributed by atoms with E-state index in [1.165, 1.54) is 12.3 Å². The van der Waals surface area contributed by atoms with Crippen LogP contribution in [0.1, 0.15) is 12.0 Å². The molecule has 1 N–H and O–H groups in total. The average molecular weight is 204 g/mol. The van der Waals surface area contributed by atoms with Gasteiger partial charge in [0.2, 0.25) is 0 Å². The Hall–Kier alpha value is -1.16. The first-order chi connectivity index (χ1) is 6.09. The number of carbonyl (C=O) groups is 1. The SMILES string of the molecule is O=C(O)CCc1cnc(Cl)c(F)c1. The monoisotopic (exact) mass is 203 g/mol. The van der Waals surface area contributed by atoms with Crippen LogP contribution in [0, 0.1) is 5.82 Å². The van der Waals surface area contributed by atoms with Crippen molar-refractivity contribution in [2.24, 2.45) is 0 Å². The predicted molar refractivity (Wildman–Crippen MR) is 45.2 cm³/mol. The summed E-state index contributed by atoms with van der Waals surface area (Å²) in [6, 6.07) is 1.19. The van der Waals surface area contributed by atoms with E-state index in [1.54, 1.807) is 0 Å². The number of pyridine rings is 1. The van der Waals surface area contributed by atoms with E-state index in [-0.39, 0.29) is 18.0 Å². The summed E-state index contributed by atoms with van der Waals surface area (Å²) in [5, 5.41) is 8.16. The molecular weight excluding hydrogens is 197 g/mol. The van der Waals surface area contributed by atoms with Crippen molar-refractivity contribution in [3.63, 3.8) is 0 Å². The van der Waals surface area contributed by atoms with Crippen molar-refractivity contribution < 1.29 is 14.3 Å². The molecule has 1 aromatic heterocycles. The number of nitrogens with zero attached hydrogens (tertiary/aromatic N) is 1. The fourth-order valence-corrected chi connectivity index (χ4v) is 0.952. The van der Waals surface area contributed by atoms with E-state index in [4.69, 9.17) is 16.7 Å². The second-order valence-electron chi connectivity index (χ2n) is 2.51. The summed E-state index contributed by atoms with van der Waals surface area (Å²) in [5.74, 6) is -1.54. The standard InChI is InChI=1S/C8H7ClFNO2/c9-8-6(10)3-5(4-11-8)1-2-7(12)13/h3-4H,1-2H2,(H,12,13). The zero-order valence-electron chi connectivity index (χ0n) is 6.63. The Morgan fingerprint density at radius 1 is 1.69 bits per heavy atom. The van der Waals surface area contributed by atoms with Gasteiger partial charge in [-0.3, -0.25) is 4.79 Å². The summed E-state index contributed by atoms with van der Waals surface area (Å²) in [4.78, 5) is 13.7. The van der Waals surface area contributed by atoms with Gasteiger partial charge in [0, 0.05) is 12.6 Å². The molecule has 5 heteroatoms. The highest BCUT2D eigenvalue weighted by Crippen LogP contribution is 2.12. The fraction of sp³-hybridized carbons (Fsp3) is 0.250. The predicted octanol–water partition coefficient (Wildman–Crippen LogP) is 1.89. The summed E-state index contributed by atoms with van der Waals surface area (Å²) < 4.78 is 12.8. The summed E-state index contributed by atoms with van der Waals surface area (Å²) in [6.45, 7) is 0. The van der Waals surface area contributed by atoms with Crippen molar-refractivity contribution in [3.05, 3.63) is 28.8 Å². The highest BCUT2D eigenvalue weighted by molar-refractivity contribution is 6.29. The van der Waals surface area contributed by atoms with Crippen LogP contribution in [0.3, 0.4) is 0 Å². The Balaban J connectivity index is 2.68. The Bertz CT molecular complexity index is 330. The maximum Gasteiger partial charge on any atom is 0.303 e. The van der Waals surface area contributed by atoms with Gasteiger partial charge in [-0.15, -0.1) is 0 Å². The smallest absolute Gasteiger partial charge is 0.303 e. The molecule has 0 saturated carbocycles. The fourth-order valence-electron chi connectivity index (χ4n) is 0.849. The van der Waals surface area contributed by atoms with Crippen LogP contribution < -0.4 is 0 Å². The van der Waals surface area contributed by atoms with Crippen LogP contribution in [0.5, 0.6) is 0 Å². The van der Waals surface area contributed by atoms with E-state index in [0.29, 0.717) is 5.56 Å². The summed E-state index contributed by atoms with van der Waals surface area (Å²) in [5.41, 5.74) is 0.532. The molecule has 0 aliphatic carbocycles. The third kappa shape index (κ3) is 2.99. The van der Waals surface area contributed by atoms with Gasteiger partial charge in [0.25, 0.3) is 0 Å². The first kappa shape index (κ1) is 9.92. The van der Waals surface area contributed by atoms with E-state index >= 15 is 0 Å². The zero-order chi connectivity index (χ0) is 9.84. The first-order valence-corrected chi connectivity index (χ1v) is 3.99. The normalized spacial score (nSPS) is 10.0. The molecule has 0 aliphatic rings. The third-order valence-electron chi connectivity index (χ3n) is 1.48. The molecule has 70 valence electrons. The minimum absolute atomic E-state index is 0.0389. The lowest BCUT2D eigenvalue weighted by molar-refractivity contribution is -0.136. The number of carboxylic acids is 1. The molecule has 0 aliphatic heterocycles. The van der Waals surface area contributed by atoms with Gasteiger partial charge >= 0.3 is 5.97 Å². The molecule has 0 bridgehead atoms. The number of hydrogen-bond donors (Lipinski definition) is 1. The van der Waals surface area contributed by atoms with E-state index in [0.717, 1.165) is 0 Å². The van der Waals surface area contributed by atoms with Crippen LogP contribution in [0.2, 0.25) is 5.15 Å². The van der Waals surface area contributed by atoms with Crippen molar-refractivity contribution >= 4 is 17.6 Å². The average Bonchev–Trinajstić information content (AvgIpc) is 2.07. The first-order valence-electron chi connectivity index (χ1n) is 3.61. The van der Waals surface area contributed by atoms with Gasteiger partial charge in [0.05, 0.1) is 0 Å². The van der Waals surface area contributed by atoms with Gasteiger partial charge in [-0.2, -0.15) is 0 Å². The molecule has 1 rings (SSSR count). The molecule has 0 aromatic carbocycles. The lowest BCUT2D eigenvalue weighted by atomic mass is 10.1. The van der Waals surface area contributed by atoms with Crippen LogP contribution >= 0.6 is 11.6 Å². The minimum atomic E-state index is -0.921. The van der Waals surface area contributed by atoms with Gasteiger partial charge in [-0.1, -0.05) is 11.6 Å². The van der Waals surface area contributed by atoms with Crippen molar-refractivity contribution in [1.82, 2.24) is 4.98 Å². The molecule has 0 unspecified atom stereocenters. The molecule has 1 aromatic rings. The second-order valence-corrected chi connectivity index (χ2v) is 2.87. The quantitative estimate of drug-likeness (QED) is 0.764. The van der Waals surface area contributed by atoms with Gasteiger partial charge in [-0.25, -0.2) is 9.37 Å². The molecule has 0 amide bonds. The van der Waals surface area contributed by atoms with Crippen LogP contribution in [0.4, 0.5) is 4.39 Å². The summed E-state index contributed by atoms with van der Waals surface area (Å²) in [6.07, 6.45) is 1.59. The molecule has 0 spiro atoms. The number of carboxylic acid groups (broad SMARTS) is 1. The van der Waals surface area contributed by atoms with Gasteiger partial charge in [0.1, 0.15) is 0 Å². The number of hydrogen-bond acceptors (Lipinski definition) is 2. The van der Waals surface area contributed by atoms with Crippen LogP contribution in [-0.2, 0) is 11.2 Å². The van der Waals surface area contributed by atoms with E-state index < -0.39 is 11.8 Å². The lowest BCUT2D eigenvalue weighted by Crippen LogP contribution is -1.98. The Kier molecular flexibility index (Phi) is 3.19. The van der Waals surface area contributed by atoms with Crippen LogP contribution in [-0.4, -0.2) is 16.1 Å². The summed E-state index contributed by atoms with van der Waals surface area (Å²) in [7, 11) is 0. The van der Waals surface area contributed by atoms with Crippen molar-refractivity contribution in [1.29, 1.82) is 0 Å². The number of aromatic nitrogens is 1. The van der Waals surface area contributed by atoms with Crippen molar-refractivity contribution in [2.75, 3.05) is 0 Å². The summed E-state index contributed by atoms with van der Waals surface area (Å²) >= 11 is 5.34. The number of halogens is 2. The third-order valence-corrected chi connectivity index (χ3v) is 1.76. The maximum atomic E-state index is 12.8. The Morgan fingerprint density at radius 2 is 2.38 bits per heavy atom. The van der Waals surface area contributed by atoms with Crippen LogP contribution in [0.15, 0.2) is 12.3 Å². The van der Waals surface area contributed by atoms with Gasteiger partial charge < -0.3 is 5.11 Å². The lowest BCUT2D eigenvalue weighted by Gasteiger charge is -1.98. The molecule has 0 saturated heterocycles. The van der Waals surface area contributed by atoms with E-state index in [1.807, 2.05) is 0 Å². The van der Waals surface area contributed by atoms with Gasteiger partial charge in [-0.05, 0) is 18.1 Å². The molecule has 0 radical (unpaired) electrons. The Morgan fingerprint density at radius 3 is 2.92 bits per heavy atom. The largest absolute Gasteiger partial charge is 0.481 e. The van der Waals surface area contributed by atoms with E-state index in [9.17, 15) is 9.18 Å². The molecule has 0 atom stereocenters. The van der Waals surface area contributed by atoms with E-state index in [2.05, 4.69) is 4.98 Å². The highest BCUT2D eigenvalue weighted by Gasteiger charge is 2.04. The molecular formula is C8H7ClFNO2. The van der Waals surface area contributed by atoms with Gasteiger partial charge in [0.15, 0.2) is 11.0 Å². The molecule has 3 nitrogen and oxygen atoms in total. The second kappa shape index (κ2) is 4.18.